The molecule has 1 heterocycles. The summed E-state index contributed by atoms with van der Waals surface area (Å²) in [6.45, 7) is 1.86. The van der Waals surface area contributed by atoms with Crippen LogP contribution < -0.4 is 5.30 Å². The van der Waals surface area contributed by atoms with Gasteiger partial charge in [0.05, 0.1) is 32.6 Å². The summed E-state index contributed by atoms with van der Waals surface area (Å²) in [4.78, 5) is 23.0. The van der Waals surface area contributed by atoms with Gasteiger partial charge in [-0.05, 0) is 36.3 Å². The van der Waals surface area contributed by atoms with E-state index in [1.54, 1.807) is 19.1 Å². The first-order valence-electron chi connectivity index (χ1n) is 7.44. The largest absolute Gasteiger partial charge is 0.469 e. The Kier molecular flexibility index (Phi) is 6.57. The minimum Gasteiger partial charge on any atom is -0.469 e. The number of carbonyl (C=O) groups is 2. The van der Waals surface area contributed by atoms with Crippen molar-refractivity contribution in [3.63, 3.8) is 0 Å². The molecule has 9 heteroatoms. The van der Waals surface area contributed by atoms with Crippen molar-refractivity contribution in [1.82, 2.24) is 0 Å². The average Bonchev–Trinajstić information content (AvgIpc) is 2.84. The van der Waals surface area contributed by atoms with Crippen LogP contribution in [0.4, 0.5) is 0 Å². The number of esters is 2. The molecular weight excluding hydrogens is 415 g/mol. The number of methoxy groups -OCH3 is 2. The summed E-state index contributed by atoms with van der Waals surface area (Å²) in [6, 6.07) is 3.41. The first kappa shape index (κ1) is 19.8. The van der Waals surface area contributed by atoms with Crippen molar-refractivity contribution in [1.29, 1.82) is 0 Å². The molecule has 1 aliphatic heterocycles. The van der Waals surface area contributed by atoms with Gasteiger partial charge in [-0.2, -0.15) is 0 Å². The van der Waals surface area contributed by atoms with E-state index in [1.807, 2.05) is 0 Å². The summed E-state index contributed by atoms with van der Waals surface area (Å²) in [7, 11) is -1.11. The highest BCUT2D eigenvalue weighted by Crippen LogP contribution is 2.59. The van der Waals surface area contributed by atoms with E-state index in [2.05, 4.69) is 25.4 Å². The van der Waals surface area contributed by atoms with Gasteiger partial charge >= 0.3 is 19.5 Å². The van der Waals surface area contributed by atoms with Crippen molar-refractivity contribution in [2.45, 2.75) is 19.4 Å². The van der Waals surface area contributed by atoms with Crippen molar-refractivity contribution in [3.05, 3.63) is 33.8 Å². The molecule has 7 nitrogen and oxygen atoms in total. The van der Waals surface area contributed by atoms with Gasteiger partial charge in [-0.3, -0.25) is 13.9 Å². The molecule has 0 radical (unpaired) electrons. The Hall–Kier alpha value is -1.47. The van der Waals surface area contributed by atoms with Crippen LogP contribution in [0.25, 0.3) is 6.08 Å². The van der Waals surface area contributed by atoms with E-state index >= 15 is 0 Å². The molecule has 0 saturated heterocycles. The monoisotopic (exact) mass is 432 g/mol. The van der Waals surface area contributed by atoms with Crippen LogP contribution in [0.15, 0.2) is 22.7 Å². The van der Waals surface area contributed by atoms with E-state index in [0.717, 1.165) is 0 Å². The molecule has 0 fully saturated rings. The normalized spacial score (nSPS) is 22.0. The highest BCUT2D eigenvalue weighted by molar-refractivity contribution is 9.10. The molecule has 0 amide bonds. The van der Waals surface area contributed by atoms with E-state index in [0.29, 0.717) is 20.9 Å². The van der Waals surface area contributed by atoms with Gasteiger partial charge in [-0.1, -0.05) is 15.9 Å². The van der Waals surface area contributed by atoms with Crippen LogP contribution in [-0.4, -0.2) is 32.8 Å². The number of carbonyl (C=O) groups excluding carboxylic acids is 2. The molecule has 0 bridgehead atoms. The number of halogens is 1. The van der Waals surface area contributed by atoms with Crippen molar-refractivity contribution >= 4 is 46.8 Å². The lowest BCUT2D eigenvalue weighted by atomic mass is 10.0. The Morgan fingerprint density at radius 2 is 2.04 bits per heavy atom. The zero-order valence-electron chi connectivity index (χ0n) is 14.0. The summed E-state index contributed by atoms with van der Waals surface area (Å²) in [5.41, 5.74) is 1.04. The molecule has 2 unspecified atom stereocenters. The van der Waals surface area contributed by atoms with Gasteiger partial charge < -0.3 is 14.0 Å². The summed E-state index contributed by atoms with van der Waals surface area (Å²) in [5.74, 6) is -1.04. The SMILES string of the molecule is CCOP1(=O)OC(CC(=O)OC)c2cc(Br)cc(/C=C/C(=O)OC)c21. The van der Waals surface area contributed by atoms with Gasteiger partial charge in [0.2, 0.25) is 0 Å². The second kappa shape index (κ2) is 8.27. The van der Waals surface area contributed by atoms with Gasteiger partial charge in [0, 0.05) is 10.5 Å². The highest BCUT2D eigenvalue weighted by Gasteiger charge is 2.45. The molecule has 0 aliphatic carbocycles. The quantitative estimate of drug-likeness (QED) is 0.387. The number of hydrogen-bond donors (Lipinski definition) is 0. The summed E-state index contributed by atoms with van der Waals surface area (Å²) >= 11 is 3.37. The topological polar surface area (TPSA) is 88.1 Å². The van der Waals surface area contributed by atoms with Crippen LogP contribution in [0.2, 0.25) is 0 Å². The molecule has 1 aromatic carbocycles. The third-order valence-electron chi connectivity index (χ3n) is 3.50. The Morgan fingerprint density at radius 3 is 2.64 bits per heavy atom. The van der Waals surface area contributed by atoms with Gasteiger partial charge in [-0.25, -0.2) is 4.79 Å². The minimum absolute atomic E-state index is 0.100. The fraction of sp³-hybridized carbons (Fsp3) is 0.375. The van der Waals surface area contributed by atoms with Crippen LogP contribution in [0.5, 0.6) is 0 Å². The molecule has 2 rings (SSSR count). The summed E-state index contributed by atoms with van der Waals surface area (Å²) < 4.78 is 34.1. The van der Waals surface area contributed by atoms with Gasteiger partial charge in [0.1, 0.15) is 6.10 Å². The van der Waals surface area contributed by atoms with Crippen LogP contribution in [-0.2, 0) is 32.7 Å². The maximum absolute atomic E-state index is 13.2. The second-order valence-electron chi connectivity index (χ2n) is 5.08. The standard InChI is InChI=1S/C16H18BrO7P/c1-4-23-25(20)16-10(5-6-14(18)21-2)7-11(17)8-12(16)13(24-25)9-15(19)22-3/h5-8,13H,4,9H2,1-3H3/b6-5+. The zero-order valence-corrected chi connectivity index (χ0v) is 16.5. The maximum atomic E-state index is 13.2. The maximum Gasteiger partial charge on any atom is 0.362 e. The summed E-state index contributed by atoms with van der Waals surface area (Å²) in [5, 5.41) is 0.339. The molecule has 0 N–H and O–H groups in total. The predicted octanol–water partition coefficient (Wildman–Crippen LogP) is 3.12. The lowest BCUT2D eigenvalue weighted by Gasteiger charge is -2.14. The van der Waals surface area contributed by atoms with Crippen molar-refractivity contribution in [2.75, 3.05) is 20.8 Å². The van der Waals surface area contributed by atoms with Crippen molar-refractivity contribution < 1.29 is 32.7 Å². The Labute approximate surface area is 153 Å². The fourth-order valence-electron chi connectivity index (χ4n) is 2.48. The lowest BCUT2D eigenvalue weighted by molar-refractivity contribution is -0.142. The van der Waals surface area contributed by atoms with Crippen LogP contribution in [0.1, 0.15) is 30.6 Å². The van der Waals surface area contributed by atoms with E-state index in [9.17, 15) is 14.2 Å². The lowest BCUT2D eigenvalue weighted by Crippen LogP contribution is -2.12. The average molecular weight is 433 g/mol. The minimum atomic E-state index is -3.64. The fourth-order valence-corrected chi connectivity index (χ4v) is 5.11. The highest BCUT2D eigenvalue weighted by atomic mass is 79.9. The molecule has 0 saturated carbocycles. The third-order valence-corrected chi connectivity index (χ3v) is 6.15. The number of benzene rings is 1. The second-order valence-corrected chi connectivity index (χ2v) is 7.91. The Balaban J connectivity index is 2.57. The van der Waals surface area contributed by atoms with Gasteiger partial charge in [0.15, 0.2) is 0 Å². The molecule has 2 atom stereocenters. The number of fused-ring (bicyclic) bond motifs is 1. The Morgan fingerprint density at radius 1 is 1.32 bits per heavy atom. The van der Waals surface area contributed by atoms with Gasteiger partial charge in [0.25, 0.3) is 0 Å². The molecule has 0 aromatic heterocycles. The summed E-state index contributed by atoms with van der Waals surface area (Å²) in [6.07, 6.45) is 1.83. The number of rotatable bonds is 6. The van der Waals surface area contributed by atoms with E-state index < -0.39 is 25.6 Å². The molecule has 136 valence electrons. The number of hydrogen-bond acceptors (Lipinski definition) is 7. The van der Waals surface area contributed by atoms with Crippen LogP contribution >= 0.6 is 23.5 Å². The van der Waals surface area contributed by atoms with E-state index in [1.165, 1.54) is 26.4 Å². The number of ether oxygens (including phenoxy) is 2. The predicted molar refractivity (Wildman–Crippen MR) is 94.5 cm³/mol. The molecule has 25 heavy (non-hydrogen) atoms. The van der Waals surface area contributed by atoms with E-state index in [4.69, 9.17) is 9.05 Å². The third kappa shape index (κ3) is 4.39. The van der Waals surface area contributed by atoms with Crippen LogP contribution in [0.3, 0.4) is 0 Å². The van der Waals surface area contributed by atoms with Gasteiger partial charge in [-0.15, -0.1) is 0 Å². The molecular formula is C16H18BrO7P. The smallest absolute Gasteiger partial charge is 0.362 e. The zero-order chi connectivity index (χ0) is 18.6. The van der Waals surface area contributed by atoms with Crippen molar-refractivity contribution in [3.8, 4) is 0 Å². The molecule has 0 spiro atoms. The van der Waals surface area contributed by atoms with E-state index in [-0.39, 0.29) is 13.0 Å². The first-order chi connectivity index (χ1) is 11.8. The van der Waals surface area contributed by atoms with Crippen LogP contribution in [0, 0.1) is 0 Å². The molecule has 1 aliphatic rings. The first-order valence-corrected chi connectivity index (χ1v) is 9.78. The van der Waals surface area contributed by atoms with Crippen molar-refractivity contribution in [2.24, 2.45) is 0 Å². The molecule has 1 aromatic rings. The Bertz CT molecular complexity index is 759.